The van der Waals surface area contributed by atoms with Crippen molar-refractivity contribution in [1.29, 1.82) is 0 Å². The van der Waals surface area contributed by atoms with Gasteiger partial charge in [0.15, 0.2) is 0 Å². The van der Waals surface area contributed by atoms with Gasteiger partial charge in [-0.15, -0.1) is 0 Å². The lowest BCUT2D eigenvalue weighted by molar-refractivity contribution is 0.475. The Morgan fingerprint density at radius 3 is 2.33 bits per heavy atom. The zero-order valence-corrected chi connectivity index (χ0v) is 13.9. The number of anilines is 2. The molecule has 1 atom stereocenters. The van der Waals surface area contributed by atoms with Gasteiger partial charge in [0.25, 0.3) is 0 Å². The Kier molecular flexibility index (Phi) is 3.91. The zero-order valence-electron chi connectivity index (χ0n) is 13.2. The third-order valence-electron chi connectivity index (χ3n) is 4.63. The van der Waals surface area contributed by atoms with Crippen LogP contribution in [0, 0.1) is 0 Å². The molecule has 24 heavy (non-hydrogen) atoms. The van der Waals surface area contributed by atoms with Gasteiger partial charge in [-0.3, -0.25) is 0 Å². The van der Waals surface area contributed by atoms with Crippen LogP contribution in [0.15, 0.2) is 72.8 Å². The number of hydrogen-bond donors (Lipinski definition) is 1. The highest BCUT2D eigenvalue weighted by Crippen LogP contribution is 2.43. The van der Waals surface area contributed by atoms with Crippen LogP contribution >= 0.6 is 11.6 Å². The monoisotopic (exact) mass is 335 g/mol. The Hall–Kier alpha value is -2.45. The Morgan fingerprint density at radius 1 is 0.875 bits per heavy atom. The molecule has 0 radical (unpaired) electrons. The highest BCUT2D eigenvalue weighted by molar-refractivity contribution is 6.30. The average molecular weight is 336 g/mol. The molecule has 1 aliphatic rings. The summed E-state index contributed by atoms with van der Waals surface area (Å²) >= 11 is 6.06. The first kappa shape index (κ1) is 15.1. The maximum atomic E-state index is 9.63. The highest BCUT2D eigenvalue weighted by atomic mass is 35.5. The van der Waals surface area contributed by atoms with Crippen molar-refractivity contribution in [2.45, 2.75) is 18.9 Å². The van der Waals surface area contributed by atoms with E-state index in [1.54, 1.807) is 12.1 Å². The lowest BCUT2D eigenvalue weighted by atomic mass is 9.90. The molecule has 120 valence electrons. The standard InChI is InChI=1S/C21H18ClNO/c22-17-8-5-16(6-9-17)21-14-7-15-3-1-2-4-20(15)23(21)18-10-12-19(24)13-11-18/h1-6,8-13,21,24H,7,14H2. The maximum Gasteiger partial charge on any atom is 0.115 e. The molecule has 3 heteroatoms. The van der Waals surface area contributed by atoms with E-state index < -0.39 is 0 Å². The van der Waals surface area contributed by atoms with E-state index in [0.717, 1.165) is 23.6 Å². The number of aromatic hydroxyl groups is 1. The number of phenols is 1. The van der Waals surface area contributed by atoms with Crippen molar-refractivity contribution in [1.82, 2.24) is 0 Å². The highest BCUT2D eigenvalue weighted by Gasteiger charge is 2.28. The molecule has 1 N–H and O–H groups in total. The van der Waals surface area contributed by atoms with E-state index in [4.69, 9.17) is 11.6 Å². The van der Waals surface area contributed by atoms with E-state index in [0.29, 0.717) is 0 Å². The first-order valence-electron chi connectivity index (χ1n) is 8.14. The average Bonchev–Trinajstić information content (AvgIpc) is 2.62. The topological polar surface area (TPSA) is 23.5 Å². The van der Waals surface area contributed by atoms with E-state index in [9.17, 15) is 5.11 Å². The van der Waals surface area contributed by atoms with Gasteiger partial charge in [0.2, 0.25) is 0 Å². The number of para-hydroxylation sites is 1. The molecule has 1 unspecified atom stereocenters. The van der Waals surface area contributed by atoms with Crippen LogP contribution in [-0.4, -0.2) is 5.11 Å². The van der Waals surface area contributed by atoms with Crippen molar-refractivity contribution in [3.8, 4) is 5.75 Å². The molecule has 1 heterocycles. The summed E-state index contributed by atoms with van der Waals surface area (Å²) in [5, 5.41) is 10.4. The number of aryl methyl sites for hydroxylation is 1. The first-order valence-corrected chi connectivity index (χ1v) is 8.52. The van der Waals surface area contributed by atoms with Crippen LogP contribution in [0.1, 0.15) is 23.6 Å². The molecule has 0 aliphatic carbocycles. The van der Waals surface area contributed by atoms with Crippen LogP contribution in [-0.2, 0) is 6.42 Å². The summed E-state index contributed by atoms with van der Waals surface area (Å²) in [7, 11) is 0. The predicted molar refractivity (Wildman–Crippen MR) is 99.2 cm³/mol. The third-order valence-corrected chi connectivity index (χ3v) is 4.88. The SMILES string of the molecule is Oc1ccc(N2c3ccccc3CCC2c2ccc(Cl)cc2)cc1. The van der Waals surface area contributed by atoms with Gasteiger partial charge in [0.1, 0.15) is 5.75 Å². The molecule has 0 amide bonds. The van der Waals surface area contributed by atoms with E-state index in [2.05, 4.69) is 41.3 Å². The number of halogens is 1. The van der Waals surface area contributed by atoms with Crippen LogP contribution < -0.4 is 4.90 Å². The van der Waals surface area contributed by atoms with Crippen LogP contribution in [0.2, 0.25) is 5.02 Å². The molecule has 3 aromatic carbocycles. The van der Waals surface area contributed by atoms with Crippen molar-refractivity contribution in [3.05, 3.63) is 88.9 Å². The normalized spacial score (nSPS) is 16.7. The molecule has 1 aliphatic heterocycles. The van der Waals surface area contributed by atoms with E-state index in [-0.39, 0.29) is 11.8 Å². The van der Waals surface area contributed by atoms with Crippen LogP contribution in [0.25, 0.3) is 0 Å². The van der Waals surface area contributed by atoms with Gasteiger partial charge in [-0.1, -0.05) is 41.9 Å². The van der Waals surface area contributed by atoms with Gasteiger partial charge < -0.3 is 10.0 Å². The molecular weight excluding hydrogens is 318 g/mol. The first-order chi connectivity index (χ1) is 11.7. The number of nitrogens with zero attached hydrogens (tertiary/aromatic N) is 1. The Morgan fingerprint density at radius 2 is 1.58 bits per heavy atom. The quantitative estimate of drug-likeness (QED) is 0.633. The molecule has 3 aromatic rings. The Bertz CT molecular complexity index is 842. The Labute approximate surface area is 146 Å². The van der Waals surface area contributed by atoms with E-state index in [1.807, 2.05) is 24.3 Å². The Balaban J connectivity index is 1.83. The maximum absolute atomic E-state index is 9.63. The summed E-state index contributed by atoms with van der Waals surface area (Å²) in [6.07, 6.45) is 2.09. The zero-order chi connectivity index (χ0) is 16.5. The number of hydrogen-bond acceptors (Lipinski definition) is 2. The molecule has 0 spiro atoms. The number of benzene rings is 3. The van der Waals surface area contributed by atoms with Gasteiger partial charge in [-0.05, 0) is 66.4 Å². The summed E-state index contributed by atoms with van der Waals surface area (Å²) in [5.41, 5.74) is 4.92. The second kappa shape index (κ2) is 6.21. The van der Waals surface area contributed by atoms with Crippen molar-refractivity contribution < 1.29 is 5.11 Å². The van der Waals surface area contributed by atoms with Crippen molar-refractivity contribution in [2.75, 3.05) is 4.90 Å². The van der Waals surface area contributed by atoms with Crippen molar-refractivity contribution >= 4 is 23.0 Å². The molecule has 0 saturated carbocycles. The fraction of sp³-hybridized carbons (Fsp3) is 0.143. The summed E-state index contributed by atoms with van der Waals surface area (Å²) in [5.74, 6) is 0.284. The predicted octanol–water partition coefficient (Wildman–Crippen LogP) is 5.87. The van der Waals surface area contributed by atoms with Gasteiger partial charge >= 0.3 is 0 Å². The lowest BCUT2D eigenvalue weighted by Crippen LogP contribution is -2.28. The van der Waals surface area contributed by atoms with E-state index >= 15 is 0 Å². The molecule has 0 fully saturated rings. The van der Waals surface area contributed by atoms with Crippen molar-refractivity contribution in [2.24, 2.45) is 0 Å². The second-order valence-electron chi connectivity index (χ2n) is 6.12. The fourth-order valence-electron chi connectivity index (χ4n) is 3.48. The molecule has 0 bridgehead atoms. The summed E-state index contributed by atoms with van der Waals surface area (Å²) < 4.78 is 0. The number of phenolic OH excluding ortho intramolecular Hbond substituents is 1. The lowest BCUT2D eigenvalue weighted by Gasteiger charge is -2.39. The van der Waals surface area contributed by atoms with Gasteiger partial charge in [0.05, 0.1) is 6.04 Å². The molecular formula is C21H18ClNO. The van der Waals surface area contributed by atoms with Crippen LogP contribution in [0.3, 0.4) is 0 Å². The van der Waals surface area contributed by atoms with Crippen LogP contribution in [0.4, 0.5) is 11.4 Å². The minimum Gasteiger partial charge on any atom is -0.508 e. The number of fused-ring (bicyclic) bond motifs is 1. The van der Waals surface area contributed by atoms with E-state index in [1.165, 1.54) is 16.8 Å². The smallest absolute Gasteiger partial charge is 0.115 e. The fourth-order valence-corrected chi connectivity index (χ4v) is 3.61. The molecule has 2 nitrogen and oxygen atoms in total. The molecule has 0 saturated heterocycles. The van der Waals surface area contributed by atoms with Gasteiger partial charge in [-0.25, -0.2) is 0 Å². The van der Waals surface area contributed by atoms with Crippen LogP contribution in [0.5, 0.6) is 5.75 Å². The summed E-state index contributed by atoms with van der Waals surface area (Å²) in [6, 6.07) is 24.3. The van der Waals surface area contributed by atoms with Gasteiger partial charge in [-0.2, -0.15) is 0 Å². The number of rotatable bonds is 2. The molecule has 4 rings (SSSR count). The van der Waals surface area contributed by atoms with Crippen molar-refractivity contribution in [3.63, 3.8) is 0 Å². The minimum atomic E-state index is 0.252. The van der Waals surface area contributed by atoms with Gasteiger partial charge in [0, 0.05) is 16.4 Å². The third kappa shape index (κ3) is 2.74. The molecule has 0 aromatic heterocycles. The largest absolute Gasteiger partial charge is 0.508 e. The second-order valence-corrected chi connectivity index (χ2v) is 6.56. The summed E-state index contributed by atoms with van der Waals surface area (Å²) in [4.78, 5) is 2.36. The minimum absolute atomic E-state index is 0.252. The summed E-state index contributed by atoms with van der Waals surface area (Å²) in [6.45, 7) is 0.